The van der Waals surface area contributed by atoms with Gasteiger partial charge in [0.15, 0.2) is 6.54 Å². The summed E-state index contributed by atoms with van der Waals surface area (Å²) in [4.78, 5) is 18.5. The van der Waals surface area contributed by atoms with Crippen LogP contribution in [-0.4, -0.2) is 29.1 Å². The Morgan fingerprint density at radius 2 is 1.79 bits per heavy atom. The zero-order valence-corrected chi connectivity index (χ0v) is 19.3. The molecule has 2 aromatic heterocycles. The molecule has 0 bridgehead atoms. The molecule has 6 heteroatoms. The summed E-state index contributed by atoms with van der Waals surface area (Å²) in [5, 5.41) is 6.25. The average molecular weight is 412 g/mol. The first-order chi connectivity index (χ1) is 13.7. The fourth-order valence-corrected chi connectivity index (χ4v) is 4.69. The molecule has 0 aliphatic carbocycles. The molecule has 0 spiro atoms. The third-order valence-electron chi connectivity index (χ3n) is 5.46. The molecule has 0 saturated heterocycles. The van der Waals surface area contributed by atoms with Gasteiger partial charge in [0, 0.05) is 35.1 Å². The zero-order chi connectivity index (χ0) is 21.3. The highest BCUT2D eigenvalue weighted by molar-refractivity contribution is 7.09. The van der Waals surface area contributed by atoms with Crippen molar-refractivity contribution in [2.24, 2.45) is 7.05 Å². The Bertz CT molecular complexity index is 1020. The van der Waals surface area contributed by atoms with Crippen LogP contribution in [0.15, 0.2) is 23.6 Å². The van der Waals surface area contributed by atoms with Crippen LogP contribution in [0.5, 0.6) is 0 Å². The van der Waals surface area contributed by atoms with Crippen LogP contribution in [0.4, 0.5) is 5.69 Å². The summed E-state index contributed by atoms with van der Waals surface area (Å²) in [6, 6.07) is 6.39. The summed E-state index contributed by atoms with van der Waals surface area (Å²) in [6.45, 7) is 11.5. The lowest BCUT2D eigenvalue weighted by atomic mass is 10.1. The number of hydrogen-bond donors (Lipinski definition) is 2. The highest BCUT2D eigenvalue weighted by Crippen LogP contribution is 2.27. The predicted octanol–water partition coefficient (Wildman–Crippen LogP) is 3.34. The maximum absolute atomic E-state index is 12.6. The number of amides is 1. The molecule has 2 N–H and O–H groups in total. The second-order valence-electron chi connectivity index (χ2n) is 8.10. The summed E-state index contributed by atoms with van der Waals surface area (Å²) in [5.74, 6) is 0.0314. The van der Waals surface area contributed by atoms with Crippen LogP contribution in [0, 0.1) is 34.6 Å². The molecule has 3 rings (SSSR count). The van der Waals surface area contributed by atoms with E-state index in [1.54, 1.807) is 11.3 Å². The molecule has 5 nitrogen and oxygen atoms in total. The van der Waals surface area contributed by atoms with Crippen molar-refractivity contribution in [1.82, 2.24) is 9.55 Å². The van der Waals surface area contributed by atoms with Crippen molar-refractivity contribution in [3.63, 3.8) is 0 Å². The summed E-state index contributed by atoms with van der Waals surface area (Å²) in [7, 11) is 4.11. The number of anilines is 1. The van der Waals surface area contributed by atoms with Crippen LogP contribution >= 0.6 is 11.3 Å². The van der Waals surface area contributed by atoms with E-state index in [1.807, 2.05) is 20.9 Å². The number of rotatable bonds is 6. The number of quaternary nitrogens is 1. The Morgan fingerprint density at radius 1 is 1.14 bits per heavy atom. The Labute approximate surface area is 177 Å². The van der Waals surface area contributed by atoms with Crippen molar-refractivity contribution in [2.75, 3.05) is 18.9 Å². The number of thiazole rings is 1. The van der Waals surface area contributed by atoms with E-state index in [0.717, 1.165) is 39.0 Å². The Morgan fingerprint density at radius 3 is 2.38 bits per heavy atom. The van der Waals surface area contributed by atoms with Gasteiger partial charge in [-0.2, -0.15) is 0 Å². The zero-order valence-electron chi connectivity index (χ0n) is 18.4. The number of aryl methyl sites for hydroxylation is 4. The van der Waals surface area contributed by atoms with Gasteiger partial charge in [0.1, 0.15) is 11.6 Å². The monoisotopic (exact) mass is 411 g/mol. The predicted molar refractivity (Wildman–Crippen MR) is 121 cm³/mol. The van der Waals surface area contributed by atoms with Gasteiger partial charge in [-0.05, 0) is 51.8 Å². The van der Waals surface area contributed by atoms with Gasteiger partial charge in [0.25, 0.3) is 5.91 Å². The number of carbonyl (C=O) groups excluding carboxylic acids is 1. The van der Waals surface area contributed by atoms with Crippen molar-refractivity contribution >= 4 is 22.9 Å². The normalized spacial score (nSPS) is 12.2. The van der Waals surface area contributed by atoms with Crippen molar-refractivity contribution in [2.45, 2.75) is 41.2 Å². The average Bonchev–Trinajstić information content (AvgIpc) is 3.18. The number of benzene rings is 1. The summed E-state index contributed by atoms with van der Waals surface area (Å²) in [5.41, 5.74) is 9.02. The van der Waals surface area contributed by atoms with Gasteiger partial charge >= 0.3 is 0 Å². The van der Waals surface area contributed by atoms with Crippen molar-refractivity contribution in [3.8, 4) is 11.3 Å². The minimum atomic E-state index is 0.0314. The highest BCUT2D eigenvalue weighted by Gasteiger charge is 2.17. The highest BCUT2D eigenvalue weighted by atomic mass is 32.1. The molecular weight excluding hydrogens is 380 g/mol. The minimum Gasteiger partial charge on any atom is -0.351 e. The van der Waals surface area contributed by atoms with Gasteiger partial charge in [0.05, 0.1) is 12.7 Å². The number of likely N-dealkylation sites (N-methyl/N-ethyl adjacent to an activating group) is 1. The molecule has 29 heavy (non-hydrogen) atoms. The third-order valence-corrected chi connectivity index (χ3v) is 6.31. The molecule has 1 amide bonds. The topological polar surface area (TPSA) is 51.4 Å². The van der Waals surface area contributed by atoms with Crippen molar-refractivity contribution in [1.29, 1.82) is 0 Å². The maximum atomic E-state index is 12.6. The lowest BCUT2D eigenvalue weighted by Crippen LogP contribution is -3.08. The Hall–Kier alpha value is -2.44. The van der Waals surface area contributed by atoms with E-state index < -0.39 is 0 Å². The van der Waals surface area contributed by atoms with E-state index in [1.165, 1.54) is 22.5 Å². The van der Waals surface area contributed by atoms with E-state index in [2.05, 4.69) is 61.3 Å². The number of hydrogen-bond acceptors (Lipinski definition) is 3. The molecule has 0 aliphatic rings. The third kappa shape index (κ3) is 4.77. The minimum absolute atomic E-state index is 0.0314. The van der Waals surface area contributed by atoms with Crippen LogP contribution in [0.3, 0.4) is 0 Å². The SMILES string of the molecule is Cc1cc(C)c(NC(=O)C[NH+](C)Cc2nc(-c3cc(C)n(C)c3C)cs2)c(C)c1. The Kier molecular flexibility index (Phi) is 6.24. The van der Waals surface area contributed by atoms with Crippen LogP contribution in [0.1, 0.15) is 33.1 Å². The van der Waals surface area contributed by atoms with Crippen LogP contribution < -0.4 is 10.2 Å². The molecule has 154 valence electrons. The second-order valence-corrected chi connectivity index (χ2v) is 9.05. The van der Waals surface area contributed by atoms with Gasteiger partial charge in [-0.25, -0.2) is 4.98 Å². The van der Waals surface area contributed by atoms with Crippen molar-refractivity contribution < 1.29 is 9.69 Å². The number of aromatic nitrogens is 2. The van der Waals surface area contributed by atoms with Crippen LogP contribution in [0.25, 0.3) is 11.3 Å². The molecule has 2 heterocycles. The number of nitrogens with one attached hydrogen (secondary N) is 2. The van der Waals surface area contributed by atoms with Gasteiger partial charge in [-0.15, -0.1) is 11.3 Å². The first-order valence-corrected chi connectivity index (χ1v) is 10.8. The van der Waals surface area contributed by atoms with Gasteiger partial charge in [0.2, 0.25) is 0 Å². The lowest BCUT2D eigenvalue weighted by Gasteiger charge is -2.15. The van der Waals surface area contributed by atoms with Gasteiger partial charge in [-0.1, -0.05) is 17.7 Å². The van der Waals surface area contributed by atoms with E-state index in [-0.39, 0.29) is 5.91 Å². The fraction of sp³-hybridized carbons (Fsp3) is 0.391. The maximum Gasteiger partial charge on any atom is 0.279 e. The molecule has 0 fully saturated rings. The molecule has 0 radical (unpaired) electrons. The standard InChI is InChI=1S/C23H30N4OS/c1-14-8-15(2)23(16(3)9-14)25-21(28)11-26(6)12-22-24-20(13-29-22)19-10-17(4)27(7)18(19)5/h8-10,13H,11-12H2,1-7H3,(H,25,28)/p+1. The van der Waals surface area contributed by atoms with E-state index in [9.17, 15) is 4.79 Å². The summed E-state index contributed by atoms with van der Waals surface area (Å²) in [6.07, 6.45) is 0. The van der Waals surface area contributed by atoms with Crippen LogP contribution in [0.2, 0.25) is 0 Å². The number of carbonyl (C=O) groups is 1. The van der Waals surface area contributed by atoms with Gasteiger partial charge < -0.3 is 14.8 Å². The van der Waals surface area contributed by atoms with Crippen LogP contribution in [-0.2, 0) is 18.4 Å². The molecular formula is C23H31N4OS+. The lowest BCUT2D eigenvalue weighted by molar-refractivity contribution is -0.885. The first kappa shape index (κ1) is 21.3. The number of nitrogens with zero attached hydrogens (tertiary/aromatic N) is 2. The largest absolute Gasteiger partial charge is 0.351 e. The molecule has 1 unspecified atom stereocenters. The van der Waals surface area contributed by atoms with E-state index in [4.69, 9.17) is 4.98 Å². The molecule has 3 aromatic rings. The Balaban J connectivity index is 1.63. The first-order valence-electron chi connectivity index (χ1n) is 9.92. The smallest absolute Gasteiger partial charge is 0.279 e. The second kappa shape index (κ2) is 8.51. The summed E-state index contributed by atoms with van der Waals surface area (Å²) < 4.78 is 2.19. The van der Waals surface area contributed by atoms with E-state index in [0.29, 0.717) is 6.54 Å². The molecule has 0 saturated carbocycles. The summed E-state index contributed by atoms with van der Waals surface area (Å²) >= 11 is 1.66. The van der Waals surface area contributed by atoms with Crippen molar-refractivity contribution in [3.05, 3.63) is 56.7 Å². The molecule has 1 aromatic carbocycles. The molecule has 1 atom stereocenters. The fourth-order valence-electron chi connectivity index (χ4n) is 3.79. The quantitative estimate of drug-likeness (QED) is 0.654. The van der Waals surface area contributed by atoms with Gasteiger partial charge in [-0.3, -0.25) is 4.79 Å². The molecule has 0 aliphatic heterocycles. The van der Waals surface area contributed by atoms with E-state index >= 15 is 0 Å².